The Labute approximate surface area is 205 Å². The Morgan fingerprint density at radius 1 is 0.944 bits per heavy atom. The number of carboxylic acids is 1. The lowest BCUT2D eigenvalue weighted by Gasteiger charge is -2.17. The number of para-hydroxylation sites is 2. The highest BCUT2D eigenvalue weighted by molar-refractivity contribution is 5.97. The SMILES string of the molecule is Cc1cccc(C(=O)O)c1Nc1c(-c2cc(F)c3nccnc3c2)c(C)nn1-c1c(C)cccc1F. The van der Waals surface area contributed by atoms with Crippen LogP contribution in [-0.2, 0) is 0 Å². The molecule has 2 N–H and O–H groups in total. The second-order valence-electron chi connectivity index (χ2n) is 8.44. The van der Waals surface area contributed by atoms with Gasteiger partial charge in [-0.1, -0.05) is 24.3 Å². The molecule has 5 rings (SSSR count). The first-order valence-corrected chi connectivity index (χ1v) is 11.1. The Bertz CT molecular complexity index is 1640. The summed E-state index contributed by atoms with van der Waals surface area (Å²) in [6, 6.07) is 12.6. The summed E-state index contributed by atoms with van der Waals surface area (Å²) in [4.78, 5) is 20.3. The van der Waals surface area contributed by atoms with E-state index in [9.17, 15) is 9.90 Å². The van der Waals surface area contributed by atoms with Crippen molar-refractivity contribution >= 4 is 28.5 Å². The van der Waals surface area contributed by atoms with Gasteiger partial charge in [0, 0.05) is 18.0 Å². The Morgan fingerprint density at radius 2 is 1.67 bits per heavy atom. The average Bonchev–Trinajstić information content (AvgIpc) is 3.15. The van der Waals surface area contributed by atoms with Crippen LogP contribution in [0.25, 0.3) is 27.8 Å². The van der Waals surface area contributed by atoms with Crippen molar-refractivity contribution in [3.8, 4) is 16.8 Å². The largest absolute Gasteiger partial charge is 0.478 e. The summed E-state index contributed by atoms with van der Waals surface area (Å²) in [5.74, 6) is -1.91. The van der Waals surface area contributed by atoms with Crippen molar-refractivity contribution in [3.05, 3.63) is 94.9 Å². The van der Waals surface area contributed by atoms with Gasteiger partial charge in [0.05, 0.1) is 22.5 Å². The zero-order valence-electron chi connectivity index (χ0n) is 19.7. The first-order chi connectivity index (χ1) is 17.3. The van der Waals surface area contributed by atoms with Gasteiger partial charge in [0.1, 0.15) is 22.8 Å². The van der Waals surface area contributed by atoms with E-state index in [1.54, 1.807) is 51.1 Å². The summed E-state index contributed by atoms with van der Waals surface area (Å²) in [6.07, 6.45) is 2.88. The van der Waals surface area contributed by atoms with E-state index in [2.05, 4.69) is 20.4 Å². The maximum Gasteiger partial charge on any atom is 0.337 e. The van der Waals surface area contributed by atoms with E-state index in [1.165, 1.54) is 35.3 Å². The van der Waals surface area contributed by atoms with E-state index < -0.39 is 17.6 Å². The number of aromatic carboxylic acids is 1. The van der Waals surface area contributed by atoms with Crippen molar-refractivity contribution in [2.75, 3.05) is 5.32 Å². The molecular formula is C27H21F2N5O2. The molecule has 7 nitrogen and oxygen atoms in total. The molecule has 0 spiro atoms. The highest BCUT2D eigenvalue weighted by Gasteiger charge is 2.24. The molecule has 0 aliphatic carbocycles. The third-order valence-electron chi connectivity index (χ3n) is 6.02. The number of halogens is 2. The molecule has 0 aliphatic heterocycles. The smallest absolute Gasteiger partial charge is 0.337 e. The molecule has 2 heterocycles. The van der Waals surface area contributed by atoms with Crippen LogP contribution in [0.2, 0.25) is 0 Å². The third-order valence-corrected chi connectivity index (χ3v) is 6.02. The highest BCUT2D eigenvalue weighted by atomic mass is 19.1. The molecule has 0 saturated heterocycles. The maximum absolute atomic E-state index is 15.1. The van der Waals surface area contributed by atoms with Crippen molar-refractivity contribution < 1.29 is 18.7 Å². The number of fused-ring (bicyclic) bond motifs is 1. The number of carbonyl (C=O) groups is 1. The van der Waals surface area contributed by atoms with Crippen molar-refractivity contribution in [1.82, 2.24) is 19.7 Å². The molecule has 0 unspecified atom stereocenters. The summed E-state index contributed by atoms with van der Waals surface area (Å²) >= 11 is 0. The van der Waals surface area contributed by atoms with Crippen molar-refractivity contribution in [3.63, 3.8) is 0 Å². The van der Waals surface area contributed by atoms with Gasteiger partial charge in [-0.2, -0.15) is 5.10 Å². The zero-order chi connectivity index (χ0) is 25.6. The predicted octanol–water partition coefficient (Wildman–Crippen LogP) is 6.13. The number of hydrogen-bond acceptors (Lipinski definition) is 5. The van der Waals surface area contributed by atoms with E-state index in [1.807, 2.05) is 0 Å². The van der Waals surface area contributed by atoms with Crippen LogP contribution in [0.1, 0.15) is 27.2 Å². The van der Waals surface area contributed by atoms with Crippen LogP contribution in [0.4, 0.5) is 20.3 Å². The Balaban J connectivity index is 1.83. The van der Waals surface area contributed by atoms with Crippen LogP contribution >= 0.6 is 0 Å². The van der Waals surface area contributed by atoms with Gasteiger partial charge < -0.3 is 10.4 Å². The molecule has 36 heavy (non-hydrogen) atoms. The maximum atomic E-state index is 15.1. The molecule has 2 aromatic heterocycles. The van der Waals surface area contributed by atoms with Crippen molar-refractivity contribution in [2.24, 2.45) is 0 Å². The van der Waals surface area contributed by atoms with Gasteiger partial charge in [0.25, 0.3) is 0 Å². The standard InChI is InChI=1S/C27H21F2N5O2/c1-14-6-4-8-18(27(35)36)23(14)32-26-22(17-12-20(29)24-21(13-17)30-10-11-31-24)16(3)33-34(26)25-15(2)7-5-9-19(25)28/h4-13,32H,1-3H3,(H,35,36). The van der Waals surface area contributed by atoms with E-state index in [-0.39, 0.29) is 16.8 Å². The minimum atomic E-state index is -1.13. The number of rotatable bonds is 5. The van der Waals surface area contributed by atoms with Gasteiger partial charge in [-0.3, -0.25) is 4.98 Å². The summed E-state index contributed by atoms with van der Waals surface area (Å²) in [6.45, 7) is 5.24. The number of nitrogens with zero attached hydrogens (tertiary/aromatic N) is 4. The lowest BCUT2D eigenvalue weighted by Crippen LogP contribution is -2.10. The van der Waals surface area contributed by atoms with E-state index in [4.69, 9.17) is 0 Å². The van der Waals surface area contributed by atoms with Gasteiger partial charge in [-0.05, 0) is 61.7 Å². The van der Waals surface area contributed by atoms with Gasteiger partial charge in [-0.15, -0.1) is 0 Å². The summed E-state index contributed by atoms with van der Waals surface area (Å²) < 4.78 is 31.5. The number of carboxylic acid groups (broad SMARTS) is 1. The molecule has 0 radical (unpaired) electrons. The number of nitrogens with one attached hydrogen (secondary N) is 1. The second-order valence-corrected chi connectivity index (χ2v) is 8.44. The van der Waals surface area contributed by atoms with Crippen molar-refractivity contribution in [1.29, 1.82) is 0 Å². The molecule has 0 bridgehead atoms. The summed E-state index contributed by atoms with van der Waals surface area (Å²) in [5.41, 5.74) is 3.68. The lowest BCUT2D eigenvalue weighted by molar-refractivity contribution is 0.0698. The number of aryl methyl sites for hydroxylation is 3. The molecule has 0 aliphatic rings. The topological polar surface area (TPSA) is 92.9 Å². The summed E-state index contributed by atoms with van der Waals surface area (Å²) in [5, 5.41) is 17.6. The molecule has 0 fully saturated rings. The van der Waals surface area contributed by atoms with Crippen LogP contribution < -0.4 is 5.32 Å². The number of aromatic nitrogens is 4. The van der Waals surface area contributed by atoms with Crippen molar-refractivity contribution in [2.45, 2.75) is 20.8 Å². The Kier molecular flexibility index (Phi) is 5.68. The first-order valence-electron chi connectivity index (χ1n) is 11.1. The Hall–Kier alpha value is -4.66. The zero-order valence-corrected chi connectivity index (χ0v) is 19.7. The molecule has 9 heteroatoms. The molecule has 5 aromatic rings. The number of hydrogen-bond donors (Lipinski definition) is 2. The molecule has 0 saturated carbocycles. The quantitative estimate of drug-likeness (QED) is 0.311. The van der Waals surface area contributed by atoms with Crippen LogP contribution in [0.5, 0.6) is 0 Å². The van der Waals surface area contributed by atoms with Gasteiger partial charge in [-0.25, -0.2) is 23.2 Å². The molecular weight excluding hydrogens is 464 g/mol. The molecule has 180 valence electrons. The molecule has 0 atom stereocenters. The minimum Gasteiger partial charge on any atom is -0.478 e. The van der Waals surface area contributed by atoms with Crippen LogP contribution in [0, 0.1) is 32.4 Å². The van der Waals surface area contributed by atoms with Gasteiger partial charge >= 0.3 is 5.97 Å². The monoisotopic (exact) mass is 485 g/mol. The van der Waals surface area contributed by atoms with Crippen LogP contribution in [-0.4, -0.2) is 30.8 Å². The minimum absolute atomic E-state index is 0.0344. The van der Waals surface area contributed by atoms with E-state index >= 15 is 8.78 Å². The van der Waals surface area contributed by atoms with Crippen LogP contribution in [0.15, 0.2) is 60.9 Å². The fraction of sp³-hybridized carbons (Fsp3) is 0.111. The van der Waals surface area contributed by atoms with Crippen LogP contribution in [0.3, 0.4) is 0 Å². The number of anilines is 2. The van der Waals surface area contributed by atoms with E-state index in [0.717, 1.165) is 0 Å². The number of benzene rings is 3. The van der Waals surface area contributed by atoms with Gasteiger partial charge in [0.15, 0.2) is 5.82 Å². The Morgan fingerprint density at radius 3 is 2.42 bits per heavy atom. The highest BCUT2D eigenvalue weighted by Crippen LogP contribution is 2.39. The average molecular weight is 485 g/mol. The third kappa shape index (κ3) is 3.84. The predicted molar refractivity (Wildman–Crippen MR) is 133 cm³/mol. The molecule has 3 aromatic carbocycles. The molecule has 0 amide bonds. The fourth-order valence-corrected chi connectivity index (χ4v) is 4.35. The second kappa shape index (κ2) is 8.84. The fourth-order valence-electron chi connectivity index (χ4n) is 4.35. The summed E-state index contributed by atoms with van der Waals surface area (Å²) in [7, 11) is 0. The normalized spacial score (nSPS) is 11.1. The van der Waals surface area contributed by atoms with E-state index in [0.29, 0.717) is 45.0 Å². The first kappa shape index (κ1) is 23.1. The van der Waals surface area contributed by atoms with Gasteiger partial charge in [0.2, 0.25) is 0 Å². The lowest BCUT2D eigenvalue weighted by atomic mass is 10.0.